The quantitative estimate of drug-likeness (QED) is 0.596. The molecule has 0 spiro atoms. The fraction of sp³-hybridized carbons (Fsp3) is 0.294. The Hall–Kier alpha value is -2.70. The molecule has 1 amide bonds. The molecule has 0 bridgehead atoms. The summed E-state index contributed by atoms with van der Waals surface area (Å²) in [5.74, 6) is -0.125. The first-order chi connectivity index (χ1) is 11.5. The van der Waals surface area contributed by atoms with Gasteiger partial charge in [-0.15, -0.1) is 0 Å². The van der Waals surface area contributed by atoms with Gasteiger partial charge in [-0.05, 0) is 42.7 Å². The molecule has 0 unspecified atom stereocenters. The highest BCUT2D eigenvalue weighted by Gasteiger charge is 2.03. The zero-order valence-corrected chi connectivity index (χ0v) is 13.3. The van der Waals surface area contributed by atoms with Crippen LogP contribution in [-0.2, 0) is 11.3 Å². The summed E-state index contributed by atoms with van der Waals surface area (Å²) < 4.78 is 30.2. The maximum atomic E-state index is 12.0. The van der Waals surface area contributed by atoms with Crippen molar-refractivity contribution in [3.63, 3.8) is 0 Å². The predicted octanol–water partition coefficient (Wildman–Crippen LogP) is 3.01. The number of alkyl halides is 2. The zero-order valence-electron chi connectivity index (χ0n) is 13.3. The third kappa shape index (κ3) is 6.20. The molecule has 1 aromatic carbocycles. The van der Waals surface area contributed by atoms with Crippen molar-refractivity contribution >= 4 is 12.0 Å². The van der Waals surface area contributed by atoms with Gasteiger partial charge >= 0.3 is 6.61 Å². The van der Waals surface area contributed by atoms with Gasteiger partial charge in [-0.25, -0.2) is 0 Å². The molecule has 0 radical (unpaired) electrons. The SMILES string of the molecule is Cc1cnn(CCCNC(=O)/C=C\c2ccc(OC(F)F)cc2)c1. The molecule has 1 heterocycles. The van der Waals surface area contributed by atoms with E-state index in [4.69, 9.17) is 0 Å². The molecule has 0 fully saturated rings. The molecule has 0 saturated heterocycles. The number of carbonyl (C=O) groups excluding carboxylic acids is 1. The summed E-state index contributed by atoms with van der Waals surface area (Å²) in [5.41, 5.74) is 1.82. The predicted molar refractivity (Wildman–Crippen MR) is 86.7 cm³/mol. The van der Waals surface area contributed by atoms with Crippen molar-refractivity contribution in [1.29, 1.82) is 0 Å². The number of rotatable bonds is 8. The highest BCUT2D eigenvalue weighted by atomic mass is 19.3. The Balaban J connectivity index is 1.70. The van der Waals surface area contributed by atoms with Crippen LogP contribution in [0.5, 0.6) is 5.75 Å². The second kappa shape index (κ2) is 8.81. The van der Waals surface area contributed by atoms with Crippen LogP contribution in [0.15, 0.2) is 42.7 Å². The Bertz CT molecular complexity index is 681. The average molecular weight is 335 g/mol. The summed E-state index contributed by atoms with van der Waals surface area (Å²) >= 11 is 0. The molecule has 2 rings (SSSR count). The summed E-state index contributed by atoms with van der Waals surface area (Å²) in [5, 5.41) is 6.94. The number of halogens is 2. The van der Waals surface area contributed by atoms with Gasteiger partial charge in [0.1, 0.15) is 5.75 Å². The lowest BCUT2D eigenvalue weighted by atomic mass is 10.2. The van der Waals surface area contributed by atoms with Crippen LogP contribution < -0.4 is 10.1 Å². The molecule has 0 aliphatic carbocycles. The van der Waals surface area contributed by atoms with Crippen LogP contribution in [0.3, 0.4) is 0 Å². The number of carbonyl (C=O) groups is 1. The van der Waals surface area contributed by atoms with Crippen molar-refractivity contribution in [2.75, 3.05) is 6.54 Å². The second-order valence-corrected chi connectivity index (χ2v) is 5.21. The lowest BCUT2D eigenvalue weighted by molar-refractivity contribution is -0.116. The minimum absolute atomic E-state index is 0.0838. The van der Waals surface area contributed by atoms with E-state index in [9.17, 15) is 13.6 Å². The maximum absolute atomic E-state index is 12.0. The molecule has 5 nitrogen and oxygen atoms in total. The number of nitrogens with zero attached hydrogens (tertiary/aromatic N) is 2. The molecular weight excluding hydrogens is 316 g/mol. The van der Waals surface area contributed by atoms with Gasteiger partial charge in [0, 0.05) is 25.4 Å². The fourth-order valence-corrected chi connectivity index (χ4v) is 2.03. The minimum atomic E-state index is -2.84. The van der Waals surface area contributed by atoms with Gasteiger partial charge in [0.15, 0.2) is 0 Å². The molecule has 7 heteroatoms. The van der Waals surface area contributed by atoms with Gasteiger partial charge in [0.2, 0.25) is 5.91 Å². The molecule has 0 aliphatic rings. The van der Waals surface area contributed by atoms with E-state index in [2.05, 4.69) is 15.2 Å². The number of nitrogens with one attached hydrogen (secondary N) is 1. The van der Waals surface area contributed by atoms with E-state index in [-0.39, 0.29) is 11.7 Å². The first-order valence-electron chi connectivity index (χ1n) is 7.53. The molecule has 0 atom stereocenters. The number of ether oxygens (including phenoxy) is 1. The van der Waals surface area contributed by atoms with Crippen LogP contribution in [0, 0.1) is 6.92 Å². The summed E-state index contributed by atoms with van der Waals surface area (Å²) in [6.07, 6.45) is 7.53. The molecule has 0 aliphatic heterocycles. The van der Waals surface area contributed by atoms with Crippen molar-refractivity contribution < 1.29 is 18.3 Å². The van der Waals surface area contributed by atoms with Gasteiger partial charge in [0.25, 0.3) is 0 Å². The highest BCUT2D eigenvalue weighted by Crippen LogP contribution is 2.15. The Labute approximate surface area is 138 Å². The summed E-state index contributed by atoms with van der Waals surface area (Å²) in [6.45, 7) is 0.414. The molecule has 0 saturated carbocycles. The maximum Gasteiger partial charge on any atom is 0.387 e. The molecule has 2 aromatic rings. The van der Waals surface area contributed by atoms with E-state index < -0.39 is 6.61 Å². The van der Waals surface area contributed by atoms with Crippen molar-refractivity contribution in [3.8, 4) is 5.75 Å². The van der Waals surface area contributed by atoms with Gasteiger partial charge in [-0.1, -0.05) is 12.1 Å². The van der Waals surface area contributed by atoms with Crippen LogP contribution in [-0.4, -0.2) is 28.8 Å². The van der Waals surface area contributed by atoms with Crippen molar-refractivity contribution in [3.05, 3.63) is 53.9 Å². The van der Waals surface area contributed by atoms with Gasteiger partial charge in [-0.2, -0.15) is 13.9 Å². The van der Waals surface area contributed by atoms with Crippen LogP contribution in [0.2, 0.25) is 0 Å². The standard InChI is InChI=1S/C17H19F2N3O2/c1-13-11-21-22(12-13)10-2-9-20-16(23)8-5-14-3-6-15(7-4-14)24-17(18)19/h3-8,11-12,17H,2,9-10H2,1H3,(H,20,23)/b8-5-. The van der Waals surface area contributed by atoms with Crippen molar-refractivity contribution in [2.24, 2.45) is 0 Å². The van der Waals surface area contributed by atoms with Gasteiger partial charge in [-0.3, -0.25) is 9.48 Å². The van der Waals surface area contributed by atoms with Gasteiger partial charge in [0.05, 0.1) is 6.20 Å². The summed E-state index contributed by atoms with van der Waals surface area (Å²) in [7, 11) is 0. The average Bonchev–Trinajstić information content (AvgIpc) is 2.96. The largest absolute Gasteiger partial charge is 0.435 e. The Morgan fingerprint density at radius 1 is 1.38 bits per heavy atom. The number of aryl methyl sites for hydroxylation is 2. The number of hydrogen-bond acceptors (Lipinski definition) is 3. The summed E-state index contributed by atoms with van der Waals surface area (Å²) in [4.78, 5) is 11.7. The van der Waals surface area contributed by atoms with Crippen LogP contribution in [0.25, 0.3) is 6.08 Å². The van der Waals surface area contributed by atoms with Crippen molar-refractivity contribution in [1.82, 2.24) is 15.1 Å². The normalized spacial score (nSPS) is 11.2. The van der Waals surface area contributed by atoms with Crippen LogP contribution in [0.1, 0.15) is 17.5 Å². The smallest absolute Gasteiger partial charge is 0.387 e. The summed E-state index contributed by atoms with van der Waals surface area (Å²) in [6, 6.07) is 6.05. The van der Waals surface area contributed by atoms with Crippen molar-refractivity contribution in [2.45, 2.75) is 26.5 Å². The monoisotopic (exact) mass is 335 g/mol. The molecular formula is C17H19F2N3O2. The molecule has 24 heavy (non-hydrogen) atoms. The number of aromatic nitrogens is 2. The first kappa shape index (κ1) is 17.7. The van der Waals surface area contributed by atoms with Gasteiger partial charge < -0.3 is 10.1 Å². The van der Waals surface area contributed by atoms with E-state index in [0.717, 1.165) is 24.1 Å². The second-order valence-electron chi connectivity index (χ2n) is 5.21. The lowest BCUT2D eigenvalue weighted by Gasteiger charge is -2.04. The number of hydrogen-bond donors (Lipinski definition) is 1. The molecule has 128 valence electrons. The minimum Gasteiger partial charge on any atom is -0.435 e. The van der Waals surface area contributed by atoms with E-state index >= 15 is 0 Å². The molecule has 1 aromatic heterocycles. The fourth-order valence-electron chi connectivity index (χ4n) is 2.03. The third-order valence-electron chi connectivity index (χ3n) is 3.16. The Morgan fingerprint density at radius 2 is 2.12 bits per heavy atom. The lowest BCUT2D eigenvalue weighted by Crippen LogP contribution is -2.23. The van der Waals surface area contributed by atoms with E-state index in [0.29, 0.717) is 6.54 Å². The zero-order chi connectivity index (χ0) is 17.4. The third-order valence-corrected chi connectivity index (χ3v) is 3.16. The van der Waals surface area contributed by atoms with E-state index in [1.165, 1.54) is 18.2 Å². The topological polar surface area (TPSA) is 56.2 Å². The number of benzene rings is 1. The highest BCUT2D eigenvalue weighted by molar-refractivity contribution is 5.91. The van der Waals surface area contributed by atoms with E-state index in [1.54, 1.807) is 24.4 Å². The van der Waals surface area contributed by atoms with E-state index in [1.807, 2.05) is 17.8 Å². The number of amides is 1. The Morgan fingerprint density at radius 3 is 2.75 bits per heavy atom. The Kier molecular flexibility index (Phi) is 6.48. The molecule has 1 N–H and O–H groups in total. The van der Waals surface area contributed by atoms with Crippen LogP contribution in [0.4, 0.5) is 8.78 Å². The first-order valence-corrected chi connectivity index (χ1v) is 7.53. The van der Waals surface area contributed by atoms with Crippen LogP contribution >= 0.6 is 0 Å².